The van der Waals surface area contributed by atoms with Crippen LogP contribution in [0.15, 0.2) is 35.1 Å². The molecule has 8 heteroatoms. The highest BCUT2D eigenvalue weighted by atomic mass is 79.9. The summed E-state index contributed by atoms with van der Waals surface area (Å²) in [6.45, 7) is 1.69. The van der Waals surface area contributed by atoms with Crippen molar-refractivity contribution in [1.82, 2.24) is 15.3 Å². The maximum absolute atomic E-state index is 10.2. The van der Waals surface area contributed by atoms with Gasteiger partial charge in [0.25, 0.3) is 0 Å². The molecule has 1 aliphatic heterocycles. The van der Waals surface area contributed by atoms with Crippen molar-refractivity contribution >= 4 is 45.1 Å². The Hall–Kier alpha value is -0.920. The lowest BCUT2D eigenvalue weighted by atomic mass is 10.2. The number of hydrogen-bond donors (Lipinski definition) is 2. The van der Waals surface area contributed by atoms with Crippen LogP contribution in [-0.4, -0.2) is 40.3 Å². The first-order chi connectivity index (χ1) is 11.0. The summed E-state index contributed by atoms with van der Waals surface area (Å²) in [5, 5.41) is 14.8. The molecular weight excluding hydrogens is 403 g/mol. The summed E-state index contributed by atoms with van der Waals surface area (Å²) >= 11 is 15.4. The minimum atomic E-state index is -0.492. The topological polar surface area (TPSA) is 61.3 Å². The van der Waals surface area contributed by atoms with E-state index >= 15 is 0 Å². The van der Waals surface area contributed by atoms with Crippen LogP contribution in [0, 0.1) is 0 Å². The Bertz CT molecular complexity index is 686. The molecule has 5 nitrogen and oxygen atoms in total. The highest BCUT2D eigenvalue weighted by Gasteiger charge is 2.32. The van der Waals surface area contributed by atoms with E-state index in [0.717, 1.165) is 10.0 Å². The number of aliphatic hydroxyl groups excluding tert-OH is 1. The standard InChI is InChI=1S/C15H15BrCl2N4O/c16-10-5-20-15(21-6-10)22-7-13(14(23)8-22)19-4-9-1-2-11(17)3-12(9)18/h1-3,5-6,13-14,19,23H,4,7-8H2/t13-,14-/m1/s1. The van der Waals surface area contributed by atoms with E-state index in [1.54, 1.807) is 24.5 Å². The minimum absolute atomic E-state index is 0.0750. The fourth-order valence-corrected chi connectivity index (χ4v) is 3.21. The molecule has 2 heterocycles. The molecule has 122 valence electrons. The van der Waals surface area contributed by atoms with Crippen LogP contribution in [0.25, 0.3) is 0 Å². The molecule has 1 aliphatic rings. The van der Waals surface area contributed by atoms with E-state index in [1.165, 1.54) is 0 Å². The van der Waals surface area contributed by atoms with Crippen LogP contribution >= 0.6 is 39.1 Å². The predicted octanol–water partition coefficient (Wildman–Crippen LogP) is 2.89. The second kappa shape index (κ2) is 7.32. The van der Waals surface area contributed by atoms with Gasteiger partial charge >= 0.3 is 0 Å². The van der Waals surface area contributed by atoms with Gasteiger partial charge in [-0.3, -0.25) is 0 Å². The van der Waals surface area contributed by atoms with Crippen molar-refractivity contribution in [3.8, 4) is 0 Å². The zero-order valence-electron chi connectivity index (χ0n) is 12.1. The zero-order valence-corrected chi connectivity index (χ0v) is 15.2. The summed E-state index contributed by atoms with van der Waals surface area (Å²) in [6, 6.07) is 5.33. The van der Waals surface area contributed by atoms with Gasteiger partial charge in [0.2, 0.25) is 5.95 Å². The Morgan fingerprint density at radius 2 is 2.00 bits per heavy atom. The van der Waals surface area contributed by atoms with E-state index in [0.29, 0.717) is 35.6 Å². The van der Waals surface area contributed by atoms with Crippen LogP contribution < -0.4 is 10.2 Å². The molecule has 23 heavy (non-hydrogen) atoms. The fraction of sp³-hybridized carbons (Fsp3) is 0.333. The van der Waals surface area contributed by atoms with Crippen molar-refractivity contribution in [2.45, 2.75) is 18.7 Å². The van der Waals surface area contributed by atoms with E-state index in [2.05, 4.69) is 31.2 Å². The third kappa shape index (κ3) is 4.14. The number of benzene rings is 1. The molecule has 0 bridgehead atoms. The van der Waals surface area contributed by atoms with Crippen LogP contribution in [0.2, 0.25) is 10.0 Å². The van der Waals surface area contributed by atoms with Crippen molar-refractivity contribution in [1.29, 1.82) is 0 Å². The van der Waals surface area contributed by atoms with Gasteiger partial charge in [0.15, 0.2) is 0 Å². The predicted molar refractivity (Wildman–Crippen MR) is 95.0 cm³/mol. The highest BCUT2D eigenvalue weighted by molar-refractivity contribution is 9.10. The Morgan fingerprint density at radius 3 is 2.70 bits per heavy atom. The van der Waals surface area contributed by atoms with Crippen molar-refractivity contribution in [3.63, 3.8) is 0 Å². The Kier molecular flexibility index (Phi) is 5.38. The summed E-state index contributed by atoms with van der Waals surface area (Å²) in [7, 11) is 0. The van der Waals surface area contributed by atoms with E-state index in [-0.39, 0.29) is 6.04 Å². The molecule has 1 saturated heterocycles. The van der Waals surface area contributed by atoms with Gasteiger partial charge in [0, 0.05) is 42.1 Å². The van der Waals surface area contributed by atoms with E-state index in [1.807, 2.05) is 11.0 Å². The van der Waals surface area contributed by atoms with Gasteiger partial charge in [-0.1, -0.05) is 29.3 Å². The summed E-state index contributed by atoms with van der Waals surface area (Å²) in [5.41, 5.74) is 0.946. The molecule has 0 saturated carbocycles. The molecule has 1 aromatic carbocycles. The van der Waals surface area contributed by atoms with Crippen LogP contribution in [-0.2, 0) is 6.54 Å². The summed E-state index contributed by atoms with van der Waals surface area (Å²) in [5.74, 6) is 0.612. The molecule has 3 rings (SSSR count). The first-order valence-corrected chi connectivity index (χ1v) is 8.65. The van der Waals surface area contributed by atoms with E-state index in [9.17, 15) is 5.11 Å². The van der Waals surface area contributed by atoms with Gasteiger partial charge in [-0.2, -0.15) is 0 Å². The largest absolute Gasteiger partial charge is 0.390 e. The lowest BCUT2D eigenvalue weighted by molar-refractivity contribution is 0.163. The zero-order chi connectivity index (χ0) is 16.4. The molecule has 1 fully saturated rings. The van der Waals surface area contributed by atoms with Gasteiger partial charge in [0.1, 0.15) is 0 Å². The van der Waals surface area contributed by atoms with Gasteiger partial charge in [-0.05, 0) is 33.6 Å². The van der Waals surface area contributed by atoms with Gasteiger partial charge in [-0.25, -0.2) is 9.97 Å². The van der Waals surface area contributed by atoms with Crippen molar-refractivity contribution in [2.24, 2.45) is 0 Å². The summed E-state index contributed by atoms with van der Waals surface area (Å²) in [4.78, 5) is 10.5. The number of β-amino-alcohol motifs (C(OH)–C–C–N with tert-alkyl or cyclic N) is 1. The fourth-order valence-electron chi connectivity index (χ4n) is 2.53. The second-order valence-corrected chi connectivity index (χ2v) is 7.16. The normalized spacial score (nSPS) is 21.0. The first-order valence-electron chi connectivity index (χ1n) is 7.11. The van der Waals surface area contributed by atoms with Crippen LogP contribution in [0.5, 0.6) is 0 Å². The number of halogens is 3. The molecule has 0 aliphatic carbocycles. The molecule has 1 aromatic heterocycles. The van der Waals surface area contributed by atoms with Crippen LogP contribution in [0.1, 0.15) is 5.56 Å². The van der Waals surface area contributed by atoms with Gasteiger partial charge in [0.05, 0.1) is 16.6 Å². The number of nitrogens with one attached hydrogen (secondary N) is 1. The molecule has 0 radical (unpaired) electrons. The maximum atomic E-state index is 10.2. The smallest absolute Gasteiger partial charge is 0.225 e. The molecule has 2 N–H and O–H groups in total. The third-order valence-electron chi connectivity index (χ3n) is 3.75. The third-order valence-corrected chi connectivity index (χ3v) is 4.74. The van der Waals surface area contributed by atoms with Crippen molar-refractivity contribution in [3.05, 3.63) is 50.7 Å². The lowest BCUT2D eigenvalue weighted by Gasteiger charge is -2.17. The Labute approximate surface area is 152 Å². The van der Waals surface area contributed by atoms with Gasteiger partial charge in [-0.15, -0.1) is 0 Å². The Balaban J connectivity index is 1.61. The van der Waals surface area contributed by atoms with E-state index in [4.69, 9.17) is 23.2 Å². The molecule has 0 unspecified atom stereocenters. The van der Waals surface area contributed by atoms with Gasteiger partial charge < -0.3 is 15.3 Å². The number of anilines is 1. The van der Waals surface area contributed by atoms with Crippen LogP contribution in [0.3, 0.4) is 0 Å². The quantitative estimate of drug-likeness (QED) is 0.800. The second-order valence-electron chi connectivity index (χ2n) is 5.40. The number of aromatic nitrogens is 2. The summed E-state index contributed by atoms with van der Waals surface area (Å²) < 4.78 is 0.827. The van der Waals surface area contributed by atoms with Crippen molar-refractivity contribution < 1.29 is 5.11 Å². The molecular formula is C15H15BrCl2N4O. The number of nitrogens with zero attached hydrogens (tertiary/aromatic N) is 3. The molecule has 2 atom stereocenters. The molecule has 0 spiro atoms. The van der Waals surface area contributed by atoms with E-state index < -0.39 is 6.10 Å². The average molecular weight is 418 g/mol. The monoisotopic (exact) mass is 416 g/mol. The average Bonchev–Trinajstić information content (AvgIpc) is 2.88. The number of hydrogen-bond acceptors (Lipinski definition) is 5. The number of aliphatic hydroxyl groups is 1. The van der Waals surface area contributed by atoms with Crippen LogP contribution in [0.4, 0.5) is 5.95 Å². The maximum Gasteiger partial charge on any atom is 0.225 e. The minimum Gasteiger partial charge on any atom is -0.390 e. The Morgan fingerprint density at radius 1 is 1.26 bits per heavy atom. The number of rotatable bonds is 4. The molecule has 2 aromatic rings. The molecule has 0 amide bonds. The summed E-state index contributed by atoms with van der Waals surface area (Å²) in [6.07, 6.45) is 2.90. The first kappa shape index (κ1) is 16.9. The van der Waals surface area contributed by atoms with Crippen molar-refractivity contribution in [2.75, 3.05) is 18.0 Å². The highest BCUT2D eigenvalue weighted by Crippen LogP contribution is 2.22. The lowest BCUT2D eigenvalue weighted by Crippen LogP contribution is -2.38. The SMILES string of the molecule is O[C@@H]1CN(c2ncc(Br)cn2)C[C@H]1NCc1ccc(Cl)cc1Cl.